The first-order chi connectivity index (χ1) is 8.70. The molecule has 1 fully saturated rings. The van der Waals surface area contributed by atoms with Crippen LogP contribution < -0.4 is 0 Å². The molecule has 1 aromatic carbocycles. The Morgan fingerprint density at radius 2 is 1.94 bits per heavy atom. The molecular weight excluding hydrogens is 232 g/mol. The van der Waals surface area contributed by atoms with Crippen LogP contribution in [0.2, 0.25) is 0 Å². The number of rotatable bonds is 5. The molecule has 0 saturated carbocycles. The Hall–Kier alpha value is -1.39. The van der Waals surface area contributed by atoms with Gasteiger partial charge in [0.05, 0.1) is 20.3 Å². The van der Waals surface area contributed by atoms with Gasteiger partial charge in [-0.2, -0.15) is 0 Å². The van der Waals surface area contributed by atoms with Crippen LogP contribution in [-0.2, 0) is 27.1 Å². The minimum atomic E-state index is -0.507. The molecule has 1 saturated heterocycles. The summed E-state index contributed by atoms with van der Waals surface area (Å²) in [5.74, 6) is -0.201. The van der Waals surface area contributed by atoms with E-state index in [0.29, 0.717) is 26.1 Å². The molecule has 1 aliphatic rings. The van der Waals surface area contributed by atoms with Crippen molar-refractivity contribution >= 4 is 5.97 Å². The van der Waals surface area contributed by atoms with Gasteiger partial charge in [0.2, 0.25) is 0 Å². The number of methoxy groups -OCH3 is 1. The summed E-state index contributed by atoms with van der Waals surface area (Å²) in [5, 5.41) is 8.85. The predicted molar refractivity (Wildman–Crippen MR) is 66.2 cm³/mol. The third-order valence-corrected chi connectivity index (χ3v) is 3.34. The summed E-state index contributed by atoms with van der Waals surface area (Å²) < 4.78 is 10.0. The molecule has 4 nitrogen and oxygen atoms in total. The lowest BCUT2D eigenvalue weighted by atomic mass is 9.79. The molecule has 0 amide bonds. The van der Waals surface area contributed by atoms with E-state index < -0.39 is 5.41 Å². The van der Waals surface area contributed by atoms with Gasteiger partial charge in [-0.1, -0.05) is 24.3 Å². The first-order valence-corrected chi connectivity index (χ1v) is 6.05. The van der Waals surface area contributed by atoms with Crippen molar-refractivity contribution in [3.05, 3.63) is 35.4 Å². The molecule has 0 spiro atoms. The lowest BCUT2D eigenvalue weighted by molar-refractivity contribution is -0.182. The van der Waals surface area contributed by atoms with Gasteiger partial charge < -0.3 is 14.6 Å². The fourth-order valence-corrected chi connectivity index (χ4v) is 2.20. The van der Waals surface area contributed by atoms with E-state index in [9.17, 15) is 4.79 Å². The monoisotopic (exact) mass is 250 g/mol. The van der Waals surface area contributed by atoms with Gasteiger partial charge in [0.1, 0.15) is 5.41 Å². The van der Waals surface area contributed by atoms with Crippen molar-refractivity contribution in [2.75, 3.05) is 26.9 Å². The van der Waals surface area contributed by atoms with E-state index in [1.54, 1.807) is 0 Å². The molecule has 0 aromatic heterocycles. The summed E-state index contributed by atoms with van der Waals surface area (Å²) in [4.78, 5) is 11.8. The zero-order valence-corrected chi connectivity index (χ0v) is 10.5. The smallest absolute Gasteiger partial charge is 0.316 e. The van der Waals surface area contributed by atoms with Crippen molar-refractivity contribution in [2.45, 2.75) is 12.8 Å². The van der Waals surface area contributed by atoms with Crippen LogP contribution in [0, 0.1) is 5.41 Å². The summed E-state index contributed by atoms with van der Waals surface area (Å²) in [6.07, 6.45) is 1.30. The van der Waals surface area contributed by atoms with Gasteiger partial charge in [-0.3, -0.25) is 4.79 Å². The largest absolute Gasteiger partial charge is 0.468 e. The van der Waals surface area contributed by atoms with Crippen LogP contribution in [0.25, 0.3) is 0 Å². The van der Waals surface area contributed by atoms with E-state index >= 15 is 0 Å². The topological polar surface area (TPSA) is 55.8 Å². The summed E-state index contributed by atoms with van der Waals surface area (Å²) in [7, 11) is 1.41. The highest BCUT2D eigenvalue weighted by Gasteiger charge is 2.46. The maximum atomic E-state index is 11.8. The molecule has 18 heavy (non-hydrogen) atoms. The second-order valence-electron chi connectivity index (χ2n) is 4.73. The third kappa shape index (κ3) is 2.54. The van der Waals surface area contributed by atoms with Crippen LogP contribution in [0.3, 0.4) is 0 Å². The Balaban J connectivity index is 2.06. The number of esters is 1. The fourth-order valence-electron chi connectivity index (χ4n) is 2.20. The van der Waals surface area contributed by atoms with E-state index in [4.69, 9.17) is 14.6 Å². The van der Waals surface area contributed by atoms with E-state index in [-0.39, 0.29) is 12.6 Å². The number of aliphatic hydroxyl groups is 1. The molecule has 1 aliphatic heterocycles. The number of ether oxygens (including phenoxy) is 2. The van der Waals surface area contributed by atoms with Crippen molar-refractivity contribution in [2.24, 2.45) is 5.41 Å². The van der Waals surface area contributed by atoms with Gasteiger partial charge >= 0.3 is 5.97 Å². The van der Waals surface area contributed by atoms with E-state index in [1.165, 1.54) is 7.11 Å². The first-order valence-electron chi connectivity index (χ1n) is 6.05. The van der Waals surface area contributed by atoms with E-state index in [2.05, 4.69) is 0 Å². The standard InChI is InChI=1S/C14H18O4/c1-17-13(16)14(9-18-10-14)8-12-4-2-11(3-5-12)6-7-15/h2-5,15H,6-10H2,1H3. The molecule has 0 bridgehead atoms. The Labute approximate surface area is 107 Å². The van der Waals surface area contributed by atoms with Crippen LogP contribution in [0.4, 0.5) is 0 Å². The van der Waals surface area contributed by atoms with Crippen molar-refractivity contribution in [1.82, 2.24) is 0 Å². The highest BCUT2D eigenvalue weighted by atomic mass is 16.5. The van der Waals surface area contributed by atoms with E-state index in [1.807, 2.05) is 24.3 Å². The zero-order valence-electron chi connectivity index (χ0n) is 10.5. The quantitative estimate of drug-likeness (QED) is 0.791. The van der Waals surface area contributed by atoms with Crippen molar-refractivity contribution in [1.29, 1.82) is 0 Å². The maximum absolute atomic E-state index is 11.8. The first kappa shape index (κ1) is 13.1. The normalized spacial score (nSPS) is 17.0. The predicted octanol–water partition coefficient (Wildman–Crippen LogP) is 0.954. The van der Waals surface area contributed by atoms with Crippen LogP contribution in [-0.4, -0.2) is 38.0 Å². The zero-order chi connectivity index (χ0) is 13.0. The average molecular weight is 250 g/mol. The minimum absolute atomic E-state index is 0.152. The highest BCUT2D eigenvalue weighted by Crippen LogP contribution is 2.33. The van der Waals surface area contributed by atoms with Gasteiger partial charge in [-0.15, -0.1) is 0 Å². The van der Waals surface area contributed by atoms with Gasteiger partial charge in [0.25, 0.3) is 0 Å². The fraction of sp³-hybridized carbons (Fsp3) is 0.500. The molecular formula is C14H18O4. The van der Waals surface area contributed by atoms with Crippen molar-refractivity contribution < 1.29 is 19.4 Å². The minimum Gasteiger partial charge on any atom is -0.468 e. The van der Waals surface area contributed by atoms with Crippen molar-refractivity contribution in [3.63, 3.8) is 0 Å². The van der Waals surface area contributed by atoms with Gasteiger partial charge in [0.15, 0.2) is 0 Å². The van der Waals surface area contributed by atoms with Crippen LogP contribution in [0.5, 0.6) is 0 Å². The second-order valence-corrected chi connectivity index (χ2v) is 4.73. The summed E-state index contributed by atoms with van der Waals surface area (Å²) in [6, 6.07) is 7.95. The van der Waals surface area contributed by atoms with Gasteiger partial charge in [-0.05, 0) is 24.0 Å². The molecule has 0 radical (unpaired) electrons. The highest BCUT2D eigenvalue weighted by molar-refractivity contribution is 5.78. The SMILES string of the molecule is COC(=O)C1(Cc2ccc(CCO)cc2)COC1. The molecule has 1 heterocycles. The second kappa shape index (κ2) is 5.50. The molecule has 2 rings (SSSR count). The molecule has 0 unspecified atom stereocenters. The summed E-state index contributed by atoms with van der Waals surface area (Å²) >= 11 is 0. The average Bonchev–Trinajstić information content (AvgIpc) is 2.35. The summed E-state index contributed by atoms with van der Waals surface area (Å²) in [5.41, 5.74) is 1.68. The number of aliphatic hydroxyl groups excluding tert-OH is 1. The lowest BCUT2D eigenvalue weighted by Gasteiger charge is -2.38. The molecule has 1 aromatic rings. The number of carbonyl (C=O) groups is 1. The number of benzene rings is 1. The molecule has 0 aliphatic carbocycles. The Bertz CT molecular complexity index is 406. The maximum Gasteiger partial charge on any atom is 0.316 e. The van der Waals surface area contributed by atoms with Crippen LogP contribution in [0.1, 0.15) is 11.1 Å². The van der Waals surface area contributed by atoms with Gasteiger partial charge in [0, 0.05) is 6.61 Å². The van der Waals surface area contributed by atoms with Crippen LogP contribution in [0.15, 0.2) is 24.3 Å². The Morgan fingerprint density at radius 3 is 2.39 bits per heavy atom. The van der Waals surface area contributed by atoms with Crippen LogP contribution >= 0.6 is 0 Å². The molecule has 4 heteroatoms. The Morgan fingerprint density at radius 1 is 1.33 bits per heavy atom. The summed E-state index contributed by atoms with van der Waals surface area (Å²) in [6.45, 7) is 1.01. The number of hydrogen-bond acceptors (Lipinski definition) is 4. The number of hydrogen-bond donors (Lipinski definition) is 1. The molecule has 0 atom stereocenters. The number of carbonyl (C=O) groups excluding carboxylic acids is 1. The van der Waals surface area contributed by atoms with Crippen molar-refractivity contribution in [3.8, 4) is 0 Å². The lowest BCUT2D eigenvalue weighted by Crippen LogP contribution is -2.51. The third-order valence-electron chi connectivity index (χ3n) is 3.34. The van der Waals surface area contributed by atoms with E-state index in [0.717, 1.165) is 11.1 Å². The molecule has 98 valence electrons. The molecule has 1 N–H and O–H groups in total. The van der Waals surface area contributed by atoms with Gasteiger partial charge in [-0.25, -0.2) is 0 Å². The Kier molecular flexibility index (Phi) is 3.99.